The Labute approximate surface area is 292 Å². The van der Waals surface area contributed by atoms with Crippen LogP contribution in [0.5, 0.6) is 0 Å². The normalized spacial score (nSPS) is 11.6. The van der Waals surface area contributed by atoms with Crippen LogP contribution in [0.15, 0.2) is 170 Å². The molecule has 0 saturated carbocycles. The number of aromatic nitrogens is 4. The van der Waals surface area contributed by atoms with Crippen molar-refractivity contribution in [3.63, 3.8) is 0 Å². The molecular formula is C45H28N4S. The fourth-order valence-electron chi connectivity index (χ4n) is 7.13. The van der Waals surface area contributed by atoms with Crippen LogP contribution in [0.4, 0.5) is 0 Å². The van der Waals surface area contributed by atoms with Gasteiger partial charge in [0.25, 0.3) is 0 Å². The van der Waals surface area contributed by atoms with Crippen LogP contribution in [-0.2, 0) is 0 Å². The molecule has 0 radical (unpaired) electrons. The molecule has 0 bridgehead atoms. The van der Waals surface area contributed by atoms with Gasteiger partial charge in [-0.15, -0.1) is 11.3 Å². The van der Waals surface area contributed by atoms with Gasteiger partial charge in [-0.3, -0.25) is 4.57 Å². The number of benzene rings is 7. The van der Waals surface area contributed by atoms with Gasteiger partial charge in [0.2, 0.25) is 5.95 Å². The van der Waals surface area contributed by atoms with Crippen LogP contribution in [0.1, 0.15) is 0 Å². The third-order valence-electron chi connectivity index (χ3n) is 9.47. The topological polar surface area (TPSA) is 43.6 Å². The van der Waals surface area contributed by atoms with Crippen LogP contribution in [0, 0.1) is 0 Å². The number of hydrogen-bond acceptors (Lipinski definition) is 4. The molecule has 5 heteroatoms. The molecule has 50 heavy (non-hydrogen) atoms. The predicted molar refractivity (Wildman–Crippen MR) is 209 cm³/mol. The Kier molecular flexibility index (Phi) is 6.64. The van der Waals surface area contributed by atoms with E-state index in [-0.39, 0.29) is 0 Å². The minimum atomic E-state index is 0.594. The first kappa shape index (κ1) is 28.6. The number of thiophene rings is 1. The molecule has 0 unspecified atom stereocenters. The first-order valence-corrected chi connectivity index (χ1v) is 17.5. The van der Waals surface area contributed by atoms with E-state index in [0.717, 1.165) is 33.1 Å². The highest BCUT2D eigenvalue weighted by Gasteiger charge is 2.23. The molecular weight excluding hydrogens is 629 g/mol. The van der Waals surface area contributed by atoms with E-state index in [1.54, 1.807) is 0 Å². The fraction of sp³-hybridized carbons (Fsp3) is 0. The van der Waals surface area contributed by atoms with Crippen molar-refractivity contribution < 1.29 is 0 Å². The maximum absolute atomic E-state index is 5.27. The summed E-state index contributed by atoms with van der Waals surface area (Å²) in [7, 11) is 0. The highest BCUT2D eigenvalue weighted by Crippen LogP contribution is 2.47. The Hall–Kier alpha value is -6.43. The first-order valence-electron chi connectivity index (χ1n) is 16.7. The molecule has 0 N–H and O–H groups in total. The van der Waals surface area contributed by atoms with Gasteiger partial charge in [0.15, 0.2) is 11.6 Å². The van der Waals surface area contributed by atoms with Crippen molar-refractivity contribution in [1.82, 2.24) is 19.5 Å². The van der Waals surface area contributed by atoms with Crippen LogP contribution in [0.25, 0.3) is 93.0 Å². The molecule has 0 aliphatic rings. The molecule has 3 aromatic heterocycles. The summed E-state index contributed by atoms with van der Waals surface area (Å²) < 4.78 is 4.77. The van der Waals surface area contributed by atoms with Gasteiger partial charge in [-0.2, -0.15) is 9.97 Å². The Balaban J connectivity index is 1.29. The lowest BCUT2D eigenvalue weighted by Crippen LogP contribution is -2.06. The van der Waals surface area contributed by atoms with Gasteiger partial charge in [0.05, 0.1) is 11.0 Å². The monoisotopic (exact) mass is 656 g/mol. The van der Waals surface area contributed by atoms with E-state index in [1.807, 2.05) is 35.6 Å². The van der Waals surface area contributed by atoms with E-state index in [9.17, 15) is 0 Å². The Morgan fingerprint density at radius 1 is 0.420 bits per heavy atom. The minimum Gasteiger partial charge on any atom is -0.277 e. The molecule has 0 fully saturated rings. The second kappa shape index (κ2) is 11.6. The van der Waals surface area contributed by atoms with Crippen LogP contribution >= 0.6 is 11.3 Å². The summed E-state index contributed by atoms with van der Waals surface area (Å²) in [5, 5.41) is 4.78. The van der Waals surface area contributed by atoms with Crippen molar-refractivity contribution in [2.24, 2.45) is 0 Å². The lowest BCUT2D eigenvalue weighted by atomic mass is 9.99. The summed E-state index contributed by atoms with van der Waals surface area (Å²) in [5.74, 6) is 1.86. The smallest absolute Gasteiger partial charge is 0.238 e. The zero-order valence-corrected chi connectivity index (χ0v) is 27.7. The number of nitrogens with zero attached hydrogens (tertiary/aromatic N) is 4. The van der Waals surface area contributed by atoms with Gasteiger partial charge in [0.1, 0.15) is 0 Å². The summed E-state index contributed by atoms with van der Waals surface area (Å²) in [6.07, 6.45) is 0. The molecule has 0 amide bonds. The molecule has 234 valence electrons. The standard InChI is InChI=1S/C45H28N4S/c1-4-14-29(15-5-1)30-24-26-33(27-25-30)44-46-43(32-18-8-3-9-19-32)47-45(48-44)49-38-22-12-10-20-34(38)37-28-36(31-16-6-2-7-17-31)42-40(41(37)49)35-21-11-13-23-39(35)50-42/h1-28H. The van der Waals surface area contributed by atoms with Gasteiger partial charge < -0.3 is 0 Å². The quantitative estimate of drug-likeness (QED) is 0.185. The van der Waals surface area contributed by atoms with Gasteiger partial charge in [-0.25, -0.2) is 4.98 Å². The molecule has 0 atom stereocenters. The van der Waals surface area contributed by atoms with Crippen molar-refractivity contribution >= 4 is 53.3 Å². The summed E-state index contributed by atoms with van der Waals surface area (Å²) in [6.45, 7) is 0. The zero-order chi connectivity index (χ0) is 33.0. The third-order valence-corrected chi connectivity index (χ3v) is 10.7. The number of hydrogen-bond donors (Lipinski definition) is 0. The van der Waals surface area contributed by atoms with Crippen LogP contribution < -0.4 is 0 Å². The van der Waals surface area contributed by atoms with Crippen molar-refractivity contribution in [2.75, 3.05) is 0 Å². The second-order valence-corrected chi connectivity index (χ2v) is 13.5. The largest absolute Gasteiger partial charge is 0.277 e. The molecule has 0 aliphatic carbocycles. The zero-order valence-electron chi connectivity index (χ0n) is 26.9. The molecule has 0 aliphatic heterocycles. The highest BCUT2D eigenvalue weighted by molar-refractivity contribution is 7.26. The van der Waals surface area contributed by atoms with Crippen LogP contribution in [0.3, 0.4) is 0 Å². The van der Waals surface area contributed by atoms with Crippen molar-refractivity contribution in [2.45, 2.75) is 0 Å². The van der Waals surface area contributed by atoms with Crippen molar-refractivity contribution in [3.05, 3.63) is 170 Å². The minimum absolute atomic E-state index is 0.594. The summed E-state index contributed by atoms with van der Waals surface area (Å²) >= 11 is 1.84. The van der Waals surface area contributed by atoms with Crippen LogP contribution in [0.2, 0.25) is 0 Å². The molecule has 4 nitrogen and oxygen atoms in total. The maximum atomic E-state index is 5.27. The van der Waals surface area contributed by atoms with E-state index < -0.39 is 0 Å². The predicted octanol–water partition coefficient (Wildman–Crippen LogP) is 12.0. The van der Waals surface area contributed by atoms with E-state index in [1.165, 1.54) is 42.2 Å². The second-order valence-electron chi connectivity index (χ2n) is 12.4. The first-order chi connectivity index (χ1) is 24.8. The van der Waals surface area contributed by atoms with Crippen molar-refractivity contribution in [1.29, 1.82) is 0 Å². The molecule has 3 heterocycles. The number of para-hydroxylation sites is 1. The Morgan fingerprint density at radius 2 is 0.940 bits per heavy atom. The molecule has 10 aromatic rings. The average molecular weight is 657 g/mol. The van der Waals surface area contributed by atoms with E-state index in [2.05, 4.69) is 150 Å². The van der Waals surface area contributed by atoms with Crippen molar-refractivity contribution in [3.8, 4) is 51.0 Å². The van der Waals surface area contributed by atoms with Gasteiger partial charge >= 0.3 is 0 Å². The van der Waals surface area contributed by atoms with Gasteiger partial charge in [-0.05, 0) is 34.9 Å². The SMILES string of the molecule is c1ccc(-c2ccc(-c3nc(-c4ccccc4)nc(-n4c5ccccc5c5cc(-c6ccccc6)c6sc7ccccc7c6c54)n3)cc2)cc1. The molecule has 7 aromatic carbocycles. The highest BCUT2D eigenvalue weighted by atomic mass is 32.1. The van der Waals surface area contributed by atoms with Gasteiger partial charge in [-0.1, -0.05) is 152 Å². The van der Waals surface area contributed by atoms with E-state index in [4.69, 9.17) is 15.0 Å². The summed E-state index contributed by atoms with van der Waals surface area (Å²) in [5.41, 5.74) is 8.80. The summed E-state index contributed by atoms with van der Waals surface area (Å²) in [6, 6.07) is 59.5. The van der Waals surface area contributed by atoms with Gasteiger partial charge in [0, 0.05) is 47.6 Å². The third kappa shape index (κ3) is 4.63. The van der Waals surface area contributed by atoms with Crippen LogP contribution in [-0.4, -0.2) is 19.5 Å². The van der Waals surface area contributed by atoms with E-state index in [0.29, 0.717) is 17.6 Å². The summed E-state index contributed by atoms with van der Waals surface area (Å²) in [4.78, 5) is 15.6. The lowest BCUT2D eigenvalue weighted by Gasteiger charge is -2.12. The number of fused-ring (bicyclic) bond motifs is 7. The molecule has 0 saturated heterocycles. The lowest BCUT2D eigenvalue weighted by molar-refractivity contribution is 0.955. The average Bonchev–Trinajstić information content (AvgIpc) is 3.75. The maximum Gasteiger partial charge on any atom is 0.238 e. The Morgan fingerprint density at radius 3 is 1.64 bits per heavy atom. The Bertz CT molecular complexity index is 2840. The number of rotatable bonds is 5. The molecule has 0 spiro atoms. The van der Waals surface area contributed by atoms with E-state index >= 15 is 0 Å². The molecule has 10 rings (SSSR count). The fourth-order valence-corrected chi connectivity index (χ4v) is 8.37.